The first kappa shape index (κ1) is 13.1. The largest absolute Gasteiger partial charge is 0.480 e. The zero-order valence-electron chi connectivity index (χ0n) is 10.5. The number of nitrogens with one attached hydrogen (secondary N) is 1. The molecule has 0 spiro atoms. The predicted octanol–water partition coefficient (Wildman–Crippen LogP) is 2.35. The van der Waals surface area contributed by atoms with Gasteiger partial charge >= 0.3 is 5.97 Å². The van der Waals surface area contributed by atoms with E-state index in [0.717, 1.165) is 23.3 Å². The number of amides is 1. The fourth-order valence-electron chi connectivity index (χ4n) is 1.88. The molecule has 1 unspecified atom stereocenters. The van der Waals surface area contributed by atoms with Crippen molar-refractivity contribution in [3.63, 3.8) is 0 Å². The van der Waals surface area contributed by atoms with Crippen LogP contribution >= 0.6 is 11.3 Å². The van der Waals surface area contributed by atoms with Crippen molar-refractivity contribution >= 4 is 23.2 Å². The van der Waals surface area contributed by atoms with Gasteiger partial charge in [0.15, 0.2) is 0 Å². The van der Waals surface area contributed by atoms with Gasteiger partial charge in [0.25, 0.3) is 5.91 Å². The molecular formula is C13H17NO3S. The molecule has 0 saturated heterocycles. The Labute approximate surface area is 110 Å². The van der Waals surface area contributed by atoms with Crippen LogP contribution in [0.3, 0.4) is 0 Å². The van der Waals surface area contributed by atoms with E-state index >= 15 is 0 Å². The third-order valence-corrected chi connectivity index (χ3v) is 4.41. The Bertz CT molecular complexity index is 477. The van der Waals surface area contributed by atoms with Crippen LogP contribution in [0.25, 0.3) is 0 Å². The second kappa shape index (κ2) is 5.10. The number of carbonyl (C=O) groups excluding carboxylic acids is 1. The number of hydrogen-bond donors (Lipinski definition) is 2. The molecule has 1 heterocycles. The summed E-state index contributed by atoms with van der Waals surface area (Å²) in [6.45, 7) is 3.84. The van der Waals surface area contributed by atoms with E-state index in [4.69, 9.17) is 5.11 Å². The van der Waals surface area contributed by atoms with Crippen molar-refractivity contribution in [2.45, 2.75) is 39.2 Å². The van der Waals surface area contributed by atoms with Crippen molar-refractivity contribution in [2.24, 2.45) is 5.92 Å². The van der Waals surface area contributed by atoms with E-state index in [1.807, 2.05) is 13.8 Å². The molecule has 1 fully saturated rings. The van der Waals surface area contributed by atoms with Gasteiger partial charge in [-0.3, -0.25) is 4.79 Å². The van der Waals surface area contributed by atoms with Gasteiger partial charge in [-0.2, -0.15) is 0 Å². The first-order valence-electron chi connectivity index (χ1n) is 6.07. The van der Waals surface area contributed by atoms with E-state index < -0.39 is 12.0 Å². The minimum atomic E-state index is -0.945. The number of aryl methyl sites for hydroxylation is 1. The lowest BCUT2D eigenvalue weighted by atomic mass is 10.1. The van der Waals surface area contributed by atoms with Crippen molar-refractivity contribution < 1.29 is 14.7 Å². The normalized spacial score (nSPS) is 16.3. The number of aliphatic carboxylic acids is 1. The van der Waals surface area contributed by atoms with Crippen LogP contribution in [0.1, 0.15) is 40.1 Å². The standard InChI is InChI=1S/C13H17NO3S/c1-7-8(2)18-6-10(7)12(15)14-11(13(16)17)5-9-3-4-9/h6,9,11H,3-5H2,1-2H3,(H,14,15)(H,16,17). The van der Waals surface area contributed by atoms with Crippen molar-refractivity contribution in [3.8, 4) is 0 Å². The van der Waals surface area contributed by atoms with E-state index in [-0.39, 0.29) is 5.91 Å². The quantitative estimate of drug-likeness (QED) is 0.860. The monoisotopic (exact) mass is 267 g/mol. The van der Waals surface area contributed by atoms with Gasteiger partial charge in [-0.05, 0) is 31.7 Å². The highest BCUT2D eigenvalue weighted by atomic mass is 32.1. The van der Waals surface area contributed by atoms with Crippen LogP contribution in [0.4, 0.5) is 0 Å². The molecule has 1 atom stereocenters. The average molecular weight is 267 g/mol. The summed E-state index contributed by atoms with van der Waals surface area (Å²) in [7, 11) is 0. The third-order valence-electron chi connectivity index (χ3n) is 3.40. The second-order valence-corrected chi connectivity index (χ2v) is 5.96. The molecule has 2 N–H and O–H groups in total. The van der Waals surface area contributed by atoms with Gasteiger partial charge in [0.1, 0.15) is 6.04 Å². The third kappa shape index (κ3) is 2.90. The zero-order chi connectivity index (χ0) is 13.3. The van der Waals surface area contributed by atoms with Gasteiger partial charge in [0, 0.05) is 10.3 Å². The molecule has 1 saturated carbocycles. The highest BCUT2D eigenvalue weighted by Gasteiger charge is 2.30. The summed E-state index contributed by atoms with van der Waals surface area (Å²) >= 11 is 1.51. The second-order valence-electron chi connectivity index (χ2n) is 4.87. The van der Waals surface area contributed by atoms with Gasteiger partial charge in [-0.1, -0.05) is 12.8 Å². The minimum Gasteiger partial charge on any atom is -0.480 e. The molecule has 4 nitrogen and oxygen atoms in total. The van der Waals surface area contributed by atoms with Crippen molar-refractivity contribution in [2.75, 3.05) is 0 Å². The molecule has 0 radical (unpaired) electrons. The highest BCUT2D eigenvalue weighted by molar-refractivity contribution is 7.10. The molecule has 1 aliphatic carbocycles. The first-order chi connectivity index (χ1) is 8.49. The first-order valence-corrected chi connectivity index (χ1v) is 6.95. The Morgan fingerprint density at radius 3 is 2.61 bits per heavy atom. The van der Waals surface area contributed by atoms with Gasteiger partial charge in [-0.25, -0.2) is 4.79 Å². The Balaban J connectivity index is 2.04. The average Bonchev–Trinajstić information content (AvgIpc) is 3.05. The van der Waals surface area contributed by atoms with Gasteiger partial charge in [-0.15, -0.1) is 11.3 Å². The maximum absolute atomic E-state index is 12.0. The minimum absolute atomic E-state index is 0.273. The molecule has 1 aromatic heterocycles. The molecule has 0 bridgehead atoms. The molecule has 0 aliphatic heterocycles. The van der Waals surface area contributed by atoms with Gasteiger partial charge in [0.05, 0.1) is 5.56 Å². The Morgan fingerprint density at radius 1 is 1.50 bits per heavy atom. The highest BCUT2D eigenvalue weighted by Crippen LogP contribution is 2.33. The maximum Gasteiger partial charge on any atom is 0.326 e. The number of carboxylic acid groups (broad SMARTS) is 1. The SMILES string of the molecule is Cc1scc(C(=O)NC(CC2CC2)C(=O)O)c1C. The van der Waals surface area contributed by atoms with Crippen LogP contribution in [0.5, 0.6) is 0 Å². The molecular weight excluding hydrogens is 250 g/mol. The summed E-state index contributed by atoms with van der Waals surface area (Å²) in [5.74, 6) is -0.749. The summed E-state index contributed by atoms with van der Waals surface area (Å²) in [5, 5.41) is 13.5. The van der Waals surface area contributed by atoms with Crippen LogP contribution in [-0.2, 0) is 4.79 Å². The molecule has 1 aromatic rings. The summed E-state index contributed by atoms with van der Waals surface area (Å²) in [5.41, 5.74) is 1.53. The Kier molecular flexibility index (Phi) is 3.71. The lowest BCUT2D eigenvalue weighted by Crippen LogP contribution is -2.41. The number of rotatable bonds is 5. The van der Waals surface area contributed by atoms with Crippen LogP contribution in [0, 0.1) is 19.8 Å². The lowest BCUT2D eigenvalue weighted by molar-refractivity contribution is -0.139. The number of thiophene rings is 1. The topological polar surface area (TPSA) is 66.4 Å². The lowest BCUT2D eigenvalue weighted by Gasteiger charge is -2.14. The molecule has 0 aromatic carbocycles. The van der Waals surface area contributed by atoms with E-state index in [9.17, 15) is 9.59 Å². The van der Waals surface area contributed by atoms with Gasteiger partial charge < -0.3 is 10.4 Å². The molecule has 2 rings (SSSR count). The maximum atomic E-state index is 12.0. The summed E-state index contributed by atoms with van der Waals surface area (Å²) < 4.78 is 0. The Hall–Kier alpha value is -1.36. The summed E-state index contributed by atoms with van der Waals surface area (Å²) in [4.78, 5) is 24.2. The number of carbonyl (C=O) groups is 2. The van der Waals surface area contributed by atoms with E-state index in [1.54, 1.807) is 5.38 Å². The molecule has 5 heteroatoms. The fraction of sp³-hybridized carbons (Fsp3) is 0.538. The smallest absolute Gasteiger partial charge is 0.326 e. The van der Waals surface area contributed by atoms with Crippen molar-refractivity contribution in [1.29, 1.82) is 0 Å². The zero-order valence-corrected chi connectivity index (χ0v) is 11.3. The number of carboxylic acids is 1. The van der Waals surface area contributed by atoms with E-state index in [1.165, 1.54) is 11.3 Å². The summed E-state index contributed by atoms with van der Waals surface area (Å²) in [6, 6.07) is -0.760. The summed E-state index contributed by atoms with van der Waals surface area (Å²) in [6.07, 6.45) is 2.70. The van der Waals surface area contributed by atoms with Crippen molar-refractivity contribution in [1.82, 2.24) is 5.32 Å². The van der Waals surface area contributed by atoms with Crippen LogP contribution in [0.15, 0.2) is 5.38 Å². The predicted molar refractivity (Wildman–Crippen MR) is 70.0 cm³/mol. The molecule has 1 aliphatic rings. The van der Waals surface area contributed by atoms with E-state index in [0.29, 0.717) is 17.9 Å². The number of hydrogen-bond acceptors (Lipinski definition) is 3. The fourth-order valence-corrected chi connectivity index (χ4v) is 2.75. The van der Waals surface area contributed by atoms with E-state index in [2.05, 4.69) is 5.32 Å². The molecule has 98 valence electrons. The van der Waals surface area contributed by atoms with Crippen LogP contribution in [0.2, 0.25) is 0 Å². The van der Waals surface area contributed by atoms with Crippen molar-refractivity contribution in [3.05, 3.63) is 21.4 Å². The Morgan fingerprint density at radius 2 is 2.17 bits per heavy atom. The van der Waals surface area contributed by atoms with Crippen LogP contribution in [-0.4, -0.2) is 23.0 Å². The van der Waals surface area contributed by atoms with Gasteiger partial charge in [0.2, 0.25) is 0 Å². The van der Waals surface area contributed by atoms with Crippen LogP contribution < -0.4 is 5.32 Å². The molecule has 1 amide bonds. The molecule has 18 heavy (non-hydrogen) atoms.